The Bertz CT molecular complexity index is 471. The van der Waals surface area contributed by atoms with Crippen LogP contribution < -0.4 is 5.32 Å². The molecule has 0 bridgehead atoms. The minimum Gasteiger partial charge on any atom is -0.383 e. The SMILES string of the molecule is Fc1ccc(Cl)cc1NCCCn1ccnc1. The lowest BCUT2D eigenvalue weighted by atomic mass is 10.3. The van der Waals surface area contributed by atoms with Crippen molar-refractivity contribution >= 4 is 17.3 Å². The summed E-state index contributed by atoms with van der Waals surface area (Å²) in [6.45, 7) is 1.55. The zero-order valence-electron chi connectivity index (χ0n) is 9.24. The highest BCUT2D eigenvalue weighted by molar-refractivity contribution is 6.30. The predicted molar refractivity (Wildman–Crippen MR) is 66.7 cm³/mol. The molecular formula is C12H13ClFN3. The van der Waals surface area contributed by atoms with E-state index in [1.54, 1.807) is 18.6 Å². The Morgan fingerprint density at radius 2 is 2.29 bits per heavy atom. The maximum Gasteiger partial charge on any atom is 0.146 e. The van der Waals surface area contributed by atoms with Crippen LogP contribution in [0.5, 0.6) is 0 Å². The van der Waals surface area contributed by atoms with Crippen LogP contribution in [0.25, 0.3) is 0 Å². The number of nitrogens with zero attached hydrogens (tertiary/aromatic N) is 2. The van der Waals surface area contributed by atoms with Crippen molar-refractivity contribution in [3.05, 3.63) is 47.8 Å². The third kappa shape index (κ3) is 3.46. The zero-order chi connectivity index (χ0) is 12.1. The molecule has 3 nitrogen and oxygen atoms in total. The van der Waals surface area contributed by atoms with E-state index in [0.29, 0.717) is 17.3 Å². The molecule has 5 heteroatoms. The smallest absolute Gasteiger partial charge is 0.146 e. The third-order valence-corrected chi connectivity index (χ3v) is 2.63. The lowest BCUT2D eigenvalue weighted by molar-refractivity contribution is 0.625. The summed E-state index contributed by atoms with van der Waals surface area (Å²) in [6, 6.07) is 4.49. The van der Waals surface area contributed by atoms with Crippen LogP contribution in [0.1, 0.15) is 6.42 Å². The number of imidazole rings is 1. The van der Waals surface area contributed by atoms with Gasteiger partial charge in [-0.2, -0.15) is 0 Å². The number of hydrogen-bond donors (Lipinski definition) is 1. The number of benzene rings is 1. The van der Waals surface area contributed by atoms with Gasteiger partial charge in [-0.1, -0.05) is 11.6 Å². The Kier molecular flexibility index (Phi) is 3.98. The molecule has 1 aromatic heterocycles. The number of nitrogens with one attached hydrogen (secondary N) is 1. The number of aromatic nitrogens is 2. The summed E-state index contributed by atoms with van der Waals surface area (Å²) in [7, 11) is 0. The van der Waals surface area contributed by atoms with Crippen molar-refractivity contribution in [3.63, 3.8) is 0 Å². The van der Waals surface area contributed by atoms with Crippen LogP contribution >= 0.6 is 11.6 Å². The normalized spacial score (nSPS) is 10.5. The van der Waals surface area contributed by atoms with Gasteiger partial charge in [0.2, 0.25) is 0 Å². The van der Waals surface area contributed by atoms with Gasteiger partial charge in [0.05, 0.1) is 12.0 Å². The fourth-order valence-corrected chi connectivity index (χ4v) is 1.71. The van der Waals surface area contributed by atoms with Crippen LogP contribution in [0.3, 0.4) is 0 Å². The minimum atomic E-state index is -0.281. The monoisotopic (exact) mass is 253 g/mol. The van der Waals surface area contributed by atoms with Gasteiger partial charge < -0.3 is 9.88 Å². The van der Waals surface area contributed by atoms with Crippen LogP contribution in [0.15, 0.2) is 36.9 Å². The van der Waals surface area contributed by atoms with E-state index in [4.69, 9.17) is 11.6 Å². The van der Waals surface area contributed by atoms with Crippen molar-refractivity contribution in [3.8, 4) is 0 Å². The van der Waals surface area contributed by atoms with Crippen molar-refractivity contribution in [1.82, 2.24) is 9.55 Å². The first-order valence-corrected chi connectivity index (χ1v) is 5.78. The van der Waals surface area contributed by atoms with Gasteiger partial charge in [-0.15, -0.1) is 0 Å². The summed E-state index contributed by atoms with van der Waals surface area (Å²) >= 11 is 5.79. The molecule has 17 heavy (non-hydrogen) atoms. The van der Waals surface area contributed by atoms with Crippen molar-refractivity contribution in [2.24, 2.45) is 0 Å². The fourth-order valence-electron chi connectivity index (χ4n) is 1.54. The van der Waals surface area contributed by atoms with E-state index in [-0.39, 0.29) is 5.82 Å². The van der Waals surface area contributed by atoms with Crippen molar-refractivity contribution in [2.45, 2.75) is 13.0 Å². The van der Waals surface area contributed by atoms with E-state index in [9.17, 15) is 4.39 Å². The molecule has 0 aliphatic rings. The maximum atomic E-state index is 13.3. The molecule has 2 rings (SSSR count). The summed E-state index contributed by atoms with van der Waals surface area (Å²) in [5.41, 5.74) is 0.447. The van der Waals surface area contributed by atoms with Gasteiger partial charge >= 0.3 is 0 Å². The number of rotatable bonds is 5. The molecule has 0 saturated heterocycles. The molecule has 0 amide bonds. The third-order valence-electron chi connectivity index (χ3n) is 2.40. The van der Waals surface area contributed by atoms with Crippen molar-refractivity contribution in [2.75, 3.05) is 11.9 Å². The summed E-state index contributed by atoms with van der Waals surface area (Å²) in [5.74, 6) is -0.281. The van der Waals surface area contributed by atoms with Gasteiger partial charge in [0.1, 0.15) is 5.82 Å². The highest BCUT2D eigenvalue weighted by Crippen LogP contribution is 2.19. The van der Waals surface area contributed by atoms with E-state index >= 15 is 0 Å². The van der Waals surface area contributed by atoms with E-state index in [2.05, 4.69) is 10.3 Å². The van der Waals surface area contributed by atoms with Gasteiger partial charge in [0.25, 0.3) is 0 Å². The average Bonchev–Trinajstić information content (AvgIpc) is 2.82. The molecule has 0 aliphatic heterocycles. The second-order valence-electron chi connectivity index (χ2n) is 3.71. The number of halogens is 2. The second kappa shape index (κ2) is 5.68. The summed E-state index contributed by atoms with van der Waals surface area (Å²) in [4.78, 5) is 3.95. The molecule has 0 fully saturated rings. The average molecular weight is 254 g/mol. The molecule has 1 N–H and O–H groups in total. The summed E-state index contributed by atoms with van der Waals surface area (Å²) in [6.07, 6.45) is 6.30. The molecule has 0 atom stereocenters. The summed E-state index contributed by atoms with van der Waals surface area (Å²) < 4.78 is 15.3. The van der Waals surface area contributed by atoms with Crippen LogP contribution in [-0.4, -0.2) is 16.1 Å². The van der Waals surface area contributed by atoms with E-state index in [1.165, 1.54) is 12.1 Å². The van der Waals surface area contributed by atoms with Crippen molar-refractivity contribution < 1.29 is 4.39 Å². The van der Waals surface area contributed by atoms with Crippen LogP contribution in [0.2, 0.25) is 5.02 Å². The number of hydrogen-bond acceptors (Lipinski definition) is 2. The van der Waals surface area contributed by atoms with E-state index in [1.807, 2.05) is 10.8 Å². The molecule has 0 unspecified atom stereocenters. The first-order valence-electron chi connectivity index (χ1n) is 5.40. The van der Waals surface area contributed by atoms with Gasteiger partial charge in [0.15, 0.2) is 0 Å². The topological polar surface area (TPSA) is 29.9 Å². The highest BCUT2D eigenvalue weighted by Gasteiger charge is 2.01. The number of aryl methyl sites for hydroxylation is 1. The Balaban J connectivity index is 1.80. The zero-order valence-corrected chi connectivity index (χ0v) is 9.99. The van der Waals surface area contributed by atoms with Crippen molar-refractivity contribution in [1.29, 1.82) is 0 Å². The van der Waals surface area contributed by atoms with Crippen LogP contribution in [0.4, 0.5) is 10.1 Å². The van der Waals surface area contributed by atoms with Gasteiger partial charge in [-0.3, -0.25) is 0 Å². The maximum absolute atomic E-state index is 13.3. The van der Waals surface area contributed by atoms with Crippen LogP contribution in [0, 0.1) is 5.82 Å². The molecule has 1 heterocycles. The Hall–Kier alpha value is -1.55. The molecule has 2 aromatic rings. The lowest BCUT2D eigenvalue weighted by Gasteiger charge is -2.08. The second-order valence-corrected chi connectivity index (χ2v) is 4.14. The molecule has 0 spiro atoms. The minimum absolute atomic E-state index is 0.281. The Morgan fingerprint density at radius 3 is 3.06 bits per heavy atom. The fraction of sp³-hybridized carbons (Fsp3) is 0.250. The molecule has 1 aromatic carbocycles. The highest BCUT2D eigenvalue weighted by atomic mass is 35.5. The first kappa shape index (κ1) is 11.9. The summed E-state index contributed by atoms with van der Waals surface area (Å²) in [5, 5.41) is 3.55. The predicted octanol–water partition coefficient (Wildman–Crippen LogP) is 3.18. The van der Waals surface area contributed by atoms with E-state index < -0.39 is 0 Å². The Labute approximate surface area is 104 Å². The lowest BCUT2D eigenvalue weighted by Crippen LogP contribution is -2.06. The van der Waals surface area contributed by atoms with Gasteiger partial charge in [0, 0.05) is 30.5 Å². The van der Waals surface area contributed by atoms with Crippen LogP contribution in [-0.2, 0) is 6.54 Å². The van der Waals surface area contributed by atoms with E-state index in [0.717, 1.165) is 13.0 Å². The molecule has 0 aliphatic carbocycles. The Morgan fingerprint density at radius 1 is 1.41 bits per heavy atom. The molecule has 0 saturated carbocycles. The van der Waals surface area contributed by atoms with Gasteiger partial charge in [-0.25, -0.2) is 9.37 Å². The number of anilines is 1. The molecule has 0 radical (unpaired) electrons. The molecular weight excluding hydrogens is 241 g/mol. The van der Waals surface area contributed by atoms with Gasteiger partial charge in [-0.05, 0) is 24.6 Å². The first-order chi connectivity index (χ1) is 8.25. The molecule has 90 valence electrons. The standard InChI is InChI=1S/C12H13ClFN3/c13-10-2-3-11(14)12(8-10)16-4-1-6-17-7-5-15-9-17/h2-3,5,7-9,16H,1,4,6H2. The quantitative estimate of drug-likeness (QED) is 0.830. The largest absolute Gasteiger partial charge is 0.383 e.